The van der Waals surface area contributed by atoms with Crippen LogP contribution in [0.3, 0.4) is 0 Å². The lowest BCUT2D eigenvalue weighted by atomic mass is 10.2. The molecule has 0 saturated heterocycles. The molecule has 2 aromatic carbocycles. The van der Waals surface area contributed by atoms with Crippen LogP contribution in [-0.2, 0) is 21.4 Å². The lowest BCUT2D eigenvalue weighted by molar-refractivity contribution is -0.117. The number of nitrogens with zero attached hydrogens (tertiary/aromatic N) is 1. The Morgan fingerprint density at radius 2 is 1.84 bits per heavy atom. The predicted molar refractivity (Wildman–Crippen MR) is 98.5 cm³/mol. The first-order chi connectivity index (χ1) is 11.9. The first-order valence-corrected chi connectivity index (χ1v) is 9.62. The molecular formula is C18H23N3O3S. The fourth-order valence-corrected chi connectivity index (χ4v) is 3.09. The van der Waals surface area contributed by atoms with E-state index in [0.717, 1.165) is 18.5 Å². The van der Waals surface area contributed by atoms with Gasteiger partial charge in [0.25, 0.3) is 0 Å². The Morgan fingerprint density at radius 3 is 2.48 bits per heavy atom. The average Bonchev–Trinajstić information content (AvgIpc) is 2.55. The Labute approximate surface area is 148 Å². The molecule has 0 unspecified atom stereocenters. The van der Waals surface area contributed by atoms with E-state index in [1.807, 2.05) is 35.2 Å². The van der Waals surface area contributed by atoms with E-state index in [1.165, 1.54) is 12.1 Å². The van der Waals surface area contributed by atoms with E-state index < -0.39 is 10.0 Å². The number of sulfonamides is 1. The summed E-state index contributed by atoms with van der Waals surface area (Å²) in [5.74, 6) is -0.198. The van der Waals surface area contributed by atoms with E-state index >= 15 is 0 Å². The van der Waals surface area contributed by atoms with Crippen LogP contribution < -0.4 is 10.5 Å². The number of anilines is 1. The van der Waals surface area contributed by atoms with Gasteiger partial charge < -0.3 is 5.32 Å². The van der Waals surface area contributed by atoms with E-state index in [-0.39, 0.29) is 17.3 Å². The average molecular weight is 361 g/mol. The van der Waals surface area contributed by atoms with Gasteiger partial charge >= 0.3 is 0 Å². The van der Waals surface area contributed by atoms with E-state index in [9.17, 15) is 13.2 Å². The molecule has 134 valence electrons. The van der Waals surface area contributed by atoms with E-state index in [2.05, 4.69) is 12.2 Å². The molecule has 0 aliphatic heterocycles. The van der Waals surface area contributed by atoms with Crippen molar-refractivity contribution in [1.82, 2.24) is 4.90 Å². The lowest BCUT2D eigenvalue weighted by Gasteiger charge is -2.21. The highest BCUT2D eigenvalue weighted by atomic mass is 32.2. The second-order valence-electron chi connectivity index (χ2n) is 5.82. The maximum atomic E-state index is 12.3. The van der Waals surface area contributed by atoms with Crippen LogP contribution in [0.5, 0.6) is 0 Å². The number of carbonyl (C=O) groups excluding carboxylic acids is 1. The van der Waals surface area contributed by atoms with Gasteiger partial charge in [0.1, 0.15) is 0 Å². The second-order valence-corrected chi connectivity index (χ2v) is 7.38. The molecule has 0 spiro atoms. The van der Waals surface area contributed by atoms with E-state index in [1.54, 1.807) is 12.1 Å². The summed E-state index contributed by atoms with van der Waals surface area (Å²) >= 11 is 0. The molecular weight excluding hydrogens is 338 g/mol. The van der Waals surface area contributed by atoms with Crippen molar-refractivity contribution < 1.29 is 13.2 Å². The van der Waals surface area contributed by atoms with Crippen LogP contribution in [0.25, 0.3) is 0 Å². The minimum atomic E-state index is -3.80. The Balaban J connectivity index is 2.01. The van der Waals surface area contributed by atoms with Crippen LogP contribution in [0.1, 0.15) is 18.9 Å². The topological polar surface area (TPSA) is 92.5 Å². The molecule has 6 nitrogen and oxygen atoms in total. The maximum Gasteiger partial charge on any atom is 0.238 e. The van der Waals surface area contributed by atoms with Crippen LogP contribution in [0, 0.1) is 0 Å². The van der Waals surface area contributed by atoms with Crippen LogP contribution in [0.2, 0.25) is 0 Å². The van der Waals surface area contributed by atoms with Gasteiger partial charge in [-0.05, 0) is 36.7 Å². The van der Waals surface area contributed by atoms with Gasteiger partial charge in [-0.15, -0.1) is 0 Å². The summed E-state index contributed by atoms with van der Waals surface area (Å²) in [6.07, 6.45) is 0.932. The van der Waals surface area contributed by atoms with Gasteiger partial charge in [0.2, 0.25) is 15.9 Å². The number of amides is 1. The number of hydrogen-bond acceptors (Lipinski definition) is 4. The largest absolute Gasteiger partial charge is 0.325 e. The number of carbonyl (C=O) groups is 1. The smallest absolute Gasteiger partial charge is 0.238 e. The predicted octanol–water partition coefficient (Wildman–Crippen LogP) is 2.18. The molecule has 0 aliphatic carbocycles. The highest BCUT2D eigenvalue weighted by molar-refractivity contribution is 7.89. The summed E-state index contributed by atoms with van der Waals surface area (Å²) in [4.78, 5) is 14.3. The number of hydrogen-bond donors (Lipinski definition) is 2. The van der Waals surface area contributed by atoms with Crippen molar-refractivity contribution in [3.63, 3.8) is 0 Å². The minimum Gasteiger partial charge on any atom is -0.325 e. The van der Waals surface area contributed by atoms with Gasteiger partial charge in [-0.3, -0.25) is 9.69 Å². The van der Waals surface area contributed by atoms with E-state index in [4.69, 9.17) is 5.14 Å². The highest BCUT2D eigenvalue weighted by Crippen LogP contribution is 2.14. The number of nitrogens with one attached hydrogen (secondary N) is 1. The summed E-state index contributed by atoms with van der Waals surface area (Å²) in [5, 5.41) is 7.84. The highest BCUT2D eigenvalue weighted by Gasteiger charge is 2.13. The zero-order valence-electron chi connectivity index (χ0n) is 14.2. The standard InChI is InChI=1S/C18H23N3O3S/c1-2-11-21(13-15-7-4-3-5-8-15)14-18(22)20-16-9-6-10-17(12-16)25(19,23)24/h3-10,12H,2,11,13-14H2,1H3,(H,20,22)(H2,19,23,24). The van der Waals surface area contributed by atoms with Gasteiger partial charge in [0.15, 0.2) is 0 Å². The first kappa shape index (κ1) is 19.1. The van der Waals surface area contributed by atoms with Crippen molar-refractivity contribution in [2.75, 3.05) is 18.4 Å². The Morgan fingerprint density at radius 1 is 1.12 bits per heavy atom. The third-order valence-electron chi connectivity index (χ3n) is 3.60. The Hall–Kier alpha value is -2.22. The van der Waals surface area contributed by atoms with Gasteiger partial charge in [0.05, 0.1) is 11.4 Å². The Kier molecular flexibility index (Phi) is 6.69. The van der Waals surface area contributed by atoms with Gasteiger partial charge in [0, 0.05) is 12.2 Å². The molecule has 2 rings (SSSR count). The zero-order valence-corrected chi connectivity index (χ0v) is 15.0. The van der Waals surface area contributed by atoms with Gasteiger partial charge in [-0.25, -0.2) is 13.6 Å². The number of benzene rings is 2. The van der Waals surface area contributed by atoms with Crippen molar-refractivity contribution in [3.05, 3.63) is 60.2 Å². The van der Waals surface area contributed by atoms with Gasteiger partial charge in [-0.1, -0.05) is 43.3 Å². The molecule has 0 bridgehead atoms. The van der Waals surface area contributed by atoms with E-state index in [0.29, 0.717) is 12.2 Å². The lowest BCUT2D eigenvalue weighted by Crippen LogP contribution is -2.33. The van der Waals surface area contributed by atoms with Crippen LogP contribution >= 0.6 is 0 Å². The number of rotatable bonds is 8. The van der Waals surface area contributed by atoms with Crippen LogP contribution in [-0.4, -0.2) is 32.3 Å². The molecule has 0 atom stereocenters. The summed E-state index contributed by atoms with van der Waals surface area (Å²) in [7, 11) is -3.80. The van der Waals surface area contributed by atoms with Crippen molar-refractivity contribution in [2.24, 2.45) is 5.14 Å². The zero-order chi connectivity index (χ0) is 18.3. The van der Waals surface area contributed by atoms with Crippen molar-refractivity contribution in [2.45, 2.75) is 24.8 Å². The third kappa shape index (κ3) is 6.30. The minimum absolute atomic E-state index is 0.0278. The van der Waals surface area contributed by atoms with Gasteiger partial charge in [-0.2, -0.15) is 0 Å². The third-order valence-corrected chi connectivity index (χ3v) is 4.51. The summed E-state index contributed by atoms with van der Waals surface area (Å²) in [5.41, 5.74) is 1.55. The maximum absolute atomic E-state index is 12.3. The normalized spacial score (nSPS) is 11.5. The Bertz CT molecular complexity index is 807. The molecule has 1 amide bonds. The molecule has 3 N–H and O–H groups in total. The monoisotopic (exact) mass is 361 g/mol. The second kappa shape index (κ2) is 8.75. The SMILES string of the molecule is CCCN(CC(=O)Nc1cccc(S(N)(=O)=O)c1)Cc1ccccc1. The van der Waals surface area contributed by atoms with Crippen LogP contribution in [0.15, 0.2) is 59.5 Å². The fraction of sp³-hybridized carbons (Fsp3) is 0.278. The molecule has 0 saturated carbocycles. The molecule has 7 heteroatoms. The molecule has 0 fully saturated rings. The summed E-state index contributed by atoms with van der Waals surface area (Å²) in [6.45, 7) is 3.76. The van der Waals surface area contributed by atoms with Crippen molar-refractivity contribution in [1.29, 1.82) is 0 Å². The molecule has 0 radical (unpaired) electrons. The molecule has 0 aliphatic rings. The first-order valence-electron chi connectivity index (χ1n) is 8.07. The molecule has 2 aromatic rings. The molecule has 25 heavy (non-hydrogen) atoms. The molecule has 0 aromatic heterocycles. The van der Waals surface area contributed by atoms with Crippen molar-refractivity contribution >= 4 is 21.6 Å². The quantitative estimate of drug-likeness (QED) is 0.754. The molecule has 0 heterocycles. The summed E-state index contributed by atoms with van der Waals surface area (Å²) < 4.78 is 22.8. The van der Waals surface area contributed by atoms with Crippen molar-refractivity contribution in [3.8, 4) is 0 Å². The van der Waals surface area contributed by atoms with Crippen LogP contribution in [0.4, 0.5) is 5.69 Å². The number of primary sulfonamides is 1. The summed E-state index contributed by atoms with van der Waals surface area (Å²) in [6, 6.07) is 15.9. The number of nitrogens with two attached hydrogens (primary N) is 1. The fourth-order valence-electron chi connectivity index (χ4n) is 2.53.